The fourth-order valence-electron chi connectivity index (χ4n) is 0.566. The van der Waals surface area contributed by atoms with Crippen LogP contribution in [0.1, 0.15) is 5.56 Å². The number of hydrogen-bond acceptors (Lipinski definition) is 2. The fourth-order valence-corrected chi connectivity index (χ4v) is 0.566. The third kappa shape index (κ3) is 0.845. The van der Waals surface area contributed by atoms with Crippen LogP contribution in [-0.4, -0.2) is 4.98 Å². The lowest BCUT2D eigenvalue weighted by Crippen LogP contribution is -2.03. The number of hydrogen-bond donors (Lipinski definition) is 1. The summed E-state index contributed by atoms with van der Waals surface area (Å²) >= 11 is 0. The zero-order valence-electron chi connectivity index (χ0n) is 4.92. The number of nitrogens with zero attached hydrogens (tertiary/aromatic N) is 1. The van der Waals surface area contributed by atoms with Gasteiger partial charge in [-0.2, -0.15) is 5.26 Å². The van der Waals surface area contributed by atoms with E-state index < -0.39 is 11.3 Å². The molecule has 0 aliphatic rings. The lowest BCUT2D eigenvalue weighted by molar-refractivity contribution is 0.335. The monoisotopic (exact) mass is 135 g/mol. The highest BCUT2D eigenvalue weighted by Gasteiger charge is 2.04. The van der Waals surface area contributed by atoms with E-state index in [1.165, 1.54) is 12.3 Å². The lowest BCUT2D eigenvalue weighted by Gasteiger charge is -1.86. The molecule has 4 heteroatoms. The second-order valence-electron chi connectivity index (χ2n) is 1.66. The standard InChI is InChI=1S/C6H3N2O2/c7-3-4-5(9)1-2-8-6(4)10/h1-2H,(H,8,9). The van der Waals surface area contributed by atoms with Crippen LogP contribution in [0.5, 0.6) is 5.88 Å². The summed E-state index contributed by atoms with van der Waals surface area (Å²) in [6.45, 7) is 0. The molecule has 49 valence electrons. The molecule has 10 heavy (non-hydrogen) atoms. The molecule has 0 unspecified atom stereocenters. The van der Waals surface area contributed by atoms with Gasteiger partial charge in [-0.3, -0.25) is 9.90 Å². The highest BCUT2D eigenvalue weighted by atomic mass is 16.3. The van der Waals surface area contributed by atoms with Crippen molar-refractivity contribution in [3.8, 4) is 11.9 Å². The Morgan fingerprint density at radius 3 is 2.70 bits per heavy atom. The van der Waals surface area contributed by atoms with Gasteiger partial charge in [-0.05, 0) is 0 Å². The summed E-state index contributed by atoms with van der Waals surface area (Å²) < 4.78 is 0. The summed E-state index contributed by atoms with van der Waals surface area (Å²) in [5.74, 6) is -0.630. The first kappa shape index (κ1) is 6.36. The van der Waals surface area contributed by atoms with Gasteiger partial charge in [-0.25, -0.2) is 0 Å². The van der Waals surface area contributed by atoms with Crippen LogP contribution in [-0.2, 0) is 5.11 Å². The fraction of sp³-hybridized carbons (Fsp3) is 0. The van der Waals surface area contributed by atoms with Crippen LogP contribution in [0.4, 0.5) is 0 Å². The molecule has 0 aromatic carbocycles. The van der Waals surface area contributed by atoms with Crippen molar-refractivity contribution < 1.29 is 5.11 Å². The van der Waals surface area contributed by atoms with Crippen LogP contribution < -0.4 is 5.43 Å². The molecule has 1 rings (SSSR count). The molecule has 0 aliphatic carbocycles. The van der Waals surface area contributed by atoms with Gasteiger partial charge in [0.1, 0.15) is 6.07 Å². The maximum Gasteiger partial charge on any atom is 0.269 e. The maximum atomic E-state index is 10.6. The van der Waals surface area contributed by atoms with Crippen molar-refractivity contribution in [2.24, 2.45) is 0 Å². The Balaban J connectivity index is 3.50. The number of nitriles is 1. The average Bonchev–Trinajstić information content (AvgIpc) is 1.88. The molecule has 0 spiro atoms. The van der Waals surface area contributed by atoms with E-state index in [4.69, 9.17) is 5.26 Å². The summed E-state index contributed by atoms with van der Waals surface area (Å²) in [6.07, 6.45) is 1.21. The normalized spacial score (nSPS) is 8.70. The Labute approximate surface area is 56.4 Å². The number of H-pyrrole nitrogens is 1. The van der Waals surface area contributed by atoms with Gasteiger partial charge in [-0.1, -0.05) is 0 Å². The van der Waals surface area contributed by atoms with Crippen molar-refractivity contribution >= 4 is 0 Å². The molecule has 1 aromatic rings. The van der Waals surface area contributed by atoms with Gasteiger partial charge >= 0.3 is 0 Å². The molecule has 1 heterocycles. The van der Waals surface area contributed by atoms with Crippen LogP contribution in [0.25, 0.3) is 0 Å². The van der Waals surface area contributed by atoms with Crippen molar-refractivity contribution in [3.05, 3.63) is 28.0 Å². The second-order valence-corrected chi connectivity index (χ2v) is 1.66. The molecule has 0 aliphatic heterocycles. The summed E-state index contributed by atoms with van der Waals surface area (Å²) in [5.41, 5.74) is -0.895. The van der Waals surface area contributed by atoms with Crippen LogP contribution >= 0.6 is 0 Å². The minimum Gasteiger partial charge on any atom is -0.328 e. The number of rotatable bonds is 0. The minimum atomic E-state index is -0.630. The molecular weight excluding hydrogens is 132 g/mol. The van der Waals surface area contributed by atoms with Gasteiger partial charge in [0, 0.05) is 12.3 Å². The number of pyridine rings is 1. The van der Waals surface area contributed by atoms with E-state index in [9.17, 15) is 9.90 Å². The molecule has 0 bridgehead atoms. The molecule has 4 nitrogen and oxygen atoms in total. The maximum absolute atomic E-state index is 10.6. The molecule has 1 N–H and O–H groups in total. The quantitative estimate of drug-likeness (QED) is 0.558. The van der Waals surface area contributed by atoms with Crippen LogP contribution in [0.2, 0.25) is 0 Å². The molecule has 1 aromatic heterocycles. The number of aromatic amines is 1. The highest BCUT2D eigenvalue weighted by molar-refractivity contribution is 5.35. The van der Waals surface area contributed by atoms with E-state index in [0.717, 1.165) is 6.07 Å². The summed E-state index contributed by atoms with van der Waals surface area (Å²) in [5, 5.41) is 18.8. The highest BCUT2D eigenvalue weighted by Crippen LogP contribution is 2.04. The number of nitrogens with one attached hydrogen (secondary N) is 1. The first-order chi connectivity index (χ1) is 4.75. The van der Waals surface area contributed by atoms with Crippen LogP contribution in [0, 0.1) is 11.3 Å². The second kappa shape index (κ2) is 2.23. The van der Waals surface area contributed by atoms with E-state index in [0.29, 0.717) is 0 Å². The van der Waals surface area contributed by atoms with E-state index in [-0.39, 0.29) is 5.56 Å². The Morgan fingerprint density at radius 1 is 1.60 bits per heavy atom. The van der Waals surface area contributed by atoms with Gasteiger partial charge in [0.15, 0.2) is 5.56 Å². The lowest BCUT2D eigenvalue weighted by atomic mass is 10.3. The zero-order valence-corrected chi connectivity index (χ0v) is 4.92. The van der Waals surface area contributed by atoms with E-state index in [1.54, 1.807) is 0 Å². The largest absolute Gasteiger partial charge is 0.328 e. The van der Waals surface area contributed by atoms with Gasteiger partial charge in [0.05, 0.1) is 0 Å². The predicted octanol–water partition coefficient (Wildman–Crippen LogP) is 0.390. The molecular formula is C6H3N2O2. The van der Waals surface area contributed by atoms with Gasteiger partial charge in [0.25, 0.3) is 5.88 Å². The summed E-state index contributed by atoms with van der Waals surface area (Å²) in [4.78, 5) is 12.8. The Kier molecular flexibility index (Phi) is 1.42. The van der Waals surface area contributed by atoms with Gasteiger partial charge < -0.3 is 4.98 Å². The molecule has 1 radical (unpaired) electrons. The molecule has 0 saturated heterocycles. The molecule has 0 fully saturated rings. The van der Waals surface area contributed by atoms with Crippen LogP contribution in [0.3, 0.4) is 0 Å². The SMILES string of the molecule is N#Cc1c([O])[nH]ccc1=O. The van der Waals surface area contributed by atoms with Crippen molar-refractivity contribution in [2.75, 3.05) is 0 Å². The third-order valence-corrected chi connectivity index (χ3v) is 1.03. The Morgan fingerprint density at radius 2 is 2.30 bits per heavy atom. The predicted molar refractivity (Wildman–Crippen MR) is 31.9 cm³/mol. The molecule has 0 amide bonds. The van der Waals surface area contributed by atoms with E-state index in [1.807, 2.05) is 0 Å². The average molecular weight is 135 g/mol. The van der Waals surface area contributed by atoms with Crippen molar-refractivity contribution in [2.45, 2.75) is 0 Å². The molecule has 0 saturated carbocycles. The van der Waals surface area contributed by atoms with Crippen molar-refractivity contribution in [3.63, 3.8) is 0 Å². The van der Waals surface area contributed by atoms with Crippen molar-refractivity contribution in [1.29, 1.82) is 5.26 Å². The summed E-state index contributed by atoms with van der Waals surface area (Å²) in [6, 6.07) is 2.65. The zero-order chi connectivity index (χ0) is 7.56. The van der Waals surface area contributed by atoms with Crippen molar-refractivity contribution in [1.82, 2.24) is 4.98 Å². The first-order valence-electron chi connectivity index (χ1n) is 2.54. The summed E-state index contributed by atoms with van der Waals surface area (Å²) in [7, 11) is 0. The van der Waals surface area contributed by atoms with E-state index >= 15 is 0 Å². The Bertz CT molecular complexity index is 334. The third-order valence-electron chi connectivity index (χ3n) is 1.03. The Hall–Kier alpha value is -1.76. The smallest absolute Gasteiger partial charge is 0.269 e. The first-order valence-corrected chi connectivity index (χ1v) is 2.54. The number of aromatic nitrogens is 1. The minimum absolute atomic E-state index is 0.359. The van der Waals surface area contributed by atoms with Gasteiger partial charge in [0.2, 0.25) is 5.43 Å². The topological polar surface area (TPSA) is 76.5 Å². The van der Waals surface area contributed by atoms with Crippen LogP contribution in [0.15, 0.2) is 17.1 Å². The van der Waals surface area contributed by atoms with E-state index in [2.05, 4.69) is 4.98 Å². The molecule has 0 atom stereocenters. The van der Waals surface area contributed by atoms with Gasteiger partial charge in [-0.15, -0.1) is 0 Å².